The van der Waals surface area contributed by atoms with Crippen LogP contribution in [0.15, 0.2) is 109 Å². The van der Waals surface area contributed by atoms with Crippen molar-refractivity contribution in [2.45, 2.75) is 157 Å². The van der Waals surface area contributed by atoms with Crippen molar-refractivity contribution >= 4 is 77.1 Å². The fourth-order valence-corrected chi connectivity index (χ4v) is 12.6. The summed E-state index contributed by atoms with van der Waals surface area (Å²) in [6.45, 7) is 1.77. The van der Waals surface area contributed by atoms with E-state index in [2.05, 4.69) is 37.2 Å². The monoisotopic (exact) mass is 1480 g/mol. The van der Waals surface area contributed by atoms with Crippen LogP contribution in [0, 0.1) is 0 Å². The Morgan fingerprint density at radius 1 is 0.588 bits per heavy atom. The molecule has 1 unspecified atom stereocenters. The van der Waals surface area contributed by atoms with E-state index in [9.17, 15) is 78.9 Å². The largest absolute Gasteiger partial charge is 1.00 e. The van der Waals surface area contributed by atoms with Crippen LogP contribution in [0.3, 0.4) is 0 Å². The van der Waals surface area contributed by atoms with Crippen molar-refractivity contribution in [1.82, 2.24) is 37.2 Å². The fraction of sp³-hybridized carbons (Fsp3) is 0.522. The molecule has 550 valence electrons. The van der Waals surface area contributed by atoms with Crippen LogP contribution in [0.2, 0.25) is 0 Å². The zero-order valence-corrected chi connectivity index (χ0v) is 63.5. The molecule has 13 atom stereocenters. The summed E-state index contributed by atoms with van der Waals surface area (Å²) < 4.78 is 23.2. The molecule has 7 amide bonds. The minimum absolute atomic E-state index is 0. The van der Waals surface area contributed by atoms with E-state index in [1.54, 1.807) is 54.8 Å². The molecule has 0 spiro atoms. The number of hydrogen-bond acceptors (Lipinski definition) is 24. The average molecular weight is 1480 g/mol. The van der Waals surface area contributed by atoms with Crippen LogP contribution in [0.1, 0.15) is 98.8 Å². The number of nitrogens with two attached hydrogens (primary N) is 1. The molecule has 2 aliphatic rings. The molecule has 0 aromatic heterocycles. The maximum Gasteiger partial charge on any atom is 1.00 e. The van der Waals surface area contributed by atoms with Gasteiger partial charge in [0.05, 0.1) is 48.9 Å². The summed E-state index contributed by atoms with van der Waals surface area (Å²) in [5.41, 5.74) is 9.76. The maximum absolute atomic E-state index is 13.5. The number of thioether (sulfide) groups is 2. The van der Waals surface area contributed by atoms with E-state index in [0.29, 0.717) is 48.8 Å². The van der Waals surface area contributed by atoms with Crippen LogP contribution < -0.4 is 107 Å². The first kappa shape index (κ1) is 90.7. The van der Waals surface area contributed by atoms with Crippen molar-refractivity contribution in [2.75, 3.05) is 68.9 Å². The first-order chi connectivity index (χ1) is 47.5. The van der Waals surface area contributed by atoms with Gasteiger partial charge in [-0.05, 0) is 96.7 Å². The number of carboxylic acids is 1. The van der Waals surface area contributed by atoms with Crippen molar-refractivity contribution < 1.29 is 162 Å². The van der Waals surface area contributed by atoms with Crippen LogP contribution in [0.25, 0.3) is 22.3 Å². The molecule has 102 heavy (non-hydrogen) atoms. The van der Waals surface area contributed by atoms with Crippen LogP contribution in [0.4, 0.5) is 0 Å². The van der Waals surface area contributed by atoms with Gasteiger partial charge in [0, 0.05) is 94.9 Å². The molecule has 2 fully saturated rings. The second-order valence-electron chi connectivity index (χ2n) is 24.0. The van der Waals surface area contributed by atoms with Crippen molar-refractivity contribution in [3.05, 3.63) is 120 Å². The van der Waals surface area contributed by atoms with Gasteiger partial charge >= 0.3 is 59.1 Å². The van der Waals surface area contributed by atoms with Gasteiger partial charge in [-0.15, -0.1) is 0 Å². The second-order valence-corrected chi connectivity index (χ2v) is 26.5. The summed E-state index contributed by atoms with van der Waals surface area (Å²) in [6.07, 6.45) is -10.9. The third kappa shape index (κ3) is 29.1. The van der Waals surface area contributed by atoms with E-state index >= 15 is 0 Å². The van der Waals surface area contributed by atoms with E-state index in [0.717, 1.165) is 35.6 Å². The molecule has 0 saturated carbocycles. The molecule has 16 N–H and O–H groups in total. The summed E-state index contributed by atoms with van der Waals surface area (Å²) in [6, 6.07) is 28.6. The number of carboxylic acid groups (broad SMARTS) is 1. The van der Waals surface area contributed by atoms with Crippen LogP contribution in [-0.2, 0) is 52.5 Å². The standard InChI is InChI=1S/C69H93N8O20S2.2Na.H2O/c1-43(79)75-58-52(81)38-68(42-78,96-62(58)60(87)54(83)40-73-64(89)49-23-19-47(20-24-49)45-14-6-3-7-15-45)94-32-12-34-99-37-31-72-66(91)51(77-57(86)18-10-5-11-29-70)27-28-56(85)71-30-36-98-35-13-33-95-69(67(92)93)39-53(82)59(76-44(2)80)63(97-69)61(88)55(84)41-74-65(90)50-25-21-48(22-26-50)46-16-8-4-9-17-46;;;/h3-4,6-9,14-17,19-26,51-55,58-63,81-84,87-88H,5,10-13,18,27-41,70H2,1-2H3,(H,71,85)(H,72,91)(H,73,89)(H,74,90)(H,75,79)(H,76,80)(H,77,86)(H,92,93);;;1H2/q-1;2*+1;/p-2/t51?,52-,53-,54+,55+,58+,59+,60+,61+,62+,63+,68+,69+;;;/m0.../s1. The number of aliphatic carboxylic acids is 1. The van der Waals surface area contributed by atoms with Gasteiger partial charge in [0.2, 0.25) is 35.3 Å². The average Bonchev–Trinajstić information content (AvgIpc) is 0.778. The molecule has 2 heterocycles. The molecular weight excluding hydrogens is 1390 g/mol. The fourth-order valence-electron chi connectivity index (χ4n) is 11.1. The van der Waals surface area contributed by atoms with Gasteiger partial charge in [-0.2, -0.15) is 23.5 Å². The van der Waals surface area contributed by atoms with E-state index in [-0.39, 0.29) is 134 Å². The summed E-state index contributed by atoms with van der Waals surface area (Å²) in [5.74, 6) is -8.78. The number of carbonyl (C=O) groups is 8. The van der Waals surface area contributed by atoms with Crippen molar-refractivity contribution in [2.24, 2.45) is 5.73 Å². The number of unbranched alkanes of at least 4 members (excludes halogenated alkanes) is 2. The Morgan fingerprint density at radius 3 is 1.52 bits per heavy atom. The Labute approximate surface area is 645 Å². The second kappa shape index (κ2) is 47.2. The number of aliphatic hydroxyl groups excluding tert-OH is 6. The van der Waals surface area contributed by atoms with Gasteiger partial charge in [0.15, 0.2) is 0 Å². The Morgan fingerprint density at radius 2 is 1.05 bits per heavy atom. The topological polar surface area (TPSA) is 475 Å². The molecule has 4 aromatic rings. The number of carbonyl (C=O) groups excluding carboxylic acids is 9. The SMILES string of the molecule is CC(=O)N[C@H]1[C@H]([C@H](O)[C@H](O)CNC(=O)c2ccc(-c3ccccc3)cc2)O[C@]([C-]=O)(OCCCSCCNC(=O)C(CCC(=O)NCCSCCCO[C@]2(C(=O)[O-])C[C@H](O)[C@@H](NC(C)=O)[C@H]([C@H](O)[C@H](O)CNC(=O)c3ccc(-c4ccccc4)cc3)O2)NC(=O)CCCCCN)C[C@@H]1O.[Na+].[Na+].[OH-]. The zero-order valence-electron chi connectivity index (χ0n) is 57.8. The van der Waals surface area contributed by atoms with E-state index < -0.39 is 146 Å². The predicted molar refractivity (Wildman–Crippen MR) is 367 cm³/mol. The molecular formula is C69H93N8Na2O21S2-. The number of hydrogen-bond donors (Lipinski definition) is 14. The molecule has 0 aliphatic carbocycles. The van der Waals surface area contributed by atoms with E-state index in [4.69, 9.17) is 24.7 Å². The molecule has 2 saturated heterocycles. The number of nitrogens with one attached hydrogen (secondary N) is 7. The van der Waals surface area contributed by atoms with Crippen LogP contribution in [-0.4, -0.2) is 237 Å². The number of amides is 7. The van der Waals surface area contributed by atoms with Gasteiger partial charge in [-0.25, -0.2) is 6.29 Å². The smallest absolute Gasteiger partial charge is 0.870 e. The minimum Gasteiger partial charge on any atom is -0.870 e. The van der Waals surface area contributed by atoms with Crippen molar-refractivity contribution in [3.8, 4) is 22.3 Å². The molecule has 4 aromatic carbocycles. The number of rotatable bonds is 42. The van der Waals surface area contributed by atoms with E-state index in [1.807, 2.05) is 60.7 Å². The summed E-state index contributed by atoms with van der Waals surface area (Å²) in [7, 11) is 0. The summed E-state index contributed by atoms with van der Waals surface area (Å²) in [4.78, 5) is 115. The van der Waals surface area contributed by atoms with Crippen LogP contribution >= 0.6 is 23.5 Å². The first-order valence-corrected chi connectivity index (χ1v) is 35.2. The molecule has 33 heteroatoms. The van der Waals surface area contributed by atoms with Crippen molar-refractivity contribution in [1.29, 1.82) is 0 Å². The van der Waals surface area contributed by atoms with Gasteiger partial charge in [0.1, 0.15) is 36.4 Å². The Hall–Kier alpha value is -5.47. The van der Waals surface area contributed by atoms with Crippen molar-refractivity contribution in [3.63, 3.8) is 0 Å². The molecule has 2 aliphatic heterocycles. The van der Waals surface area contributed by atoms with Gasteiger partial charge in [-0.3, -0.25) is 33.6 Å². The minimum atomic E-state index is -2.63. The molecule has 0 radical (unpaired) electrons. The number of ether oxygens (including phenoxy) is 4. The molecule has 29 nitrogen and oxygen atoms in total. The summed E-state index contributed by atoms with van der Waals surface area (Å²) >= 11 is 2.79. The maximum atomic E-state index is 13.5. The quantitative estimate of drug-likeness (QED) is 0.0111. The summed E-state index contributed by atoms with van der Waals surface area (Å²) in [5, 5.41) is 98.1. The Balaban J connectivity index is 0.00000901. The zero-order chi connectivity index (χ0) is 71.9. The first-order valence-electron chi connectivity index (χ1n) is 32.9. The normalized spacial score (nSPS) is 21.4. The van der Waals surface area contributed by atoms with Gasteiger partial charge in [0.25, 0.3) is 11.8 Å². The van der Waals surface area contributed by atoms with Gasteiger partial charge < -0.3 is 113 Å². The predicted octanol–water partition coefficient (Wildman–Crippen LogP) is -6.69. The van der Waals surface area contributed by atoms with E-state index in [1.165, 1.54) is 30.4 Å². The Kier molecular flexibility index (Phi) is 42.0. The third-order valence-electron chi connectivity index (χ3n) is 16.3. The van der Waals surface area contributed by atoms with Gasteiger partial charge in [-0.1, -0.05) is 91.3 Å². The van der Waals surface area contributed by atoms with Crippen LogP contribution in [0.5, 0.6) is 0 Å². The molecule has 0 bridgehead atoms. The Bertz CT molecular complexity index is 3240. The number of aliphatic hydroxyl groups is 6. The molecule has 6 rings (SSSR count). The number of benzene rings is 4. The third-order valence-corrected chi connectivity index (χ3v) is 18.5.